The van der Waals surface area contributed by atoms with Gasteiger partial charge in [-0.15, -0.1) is 0 Å². The molecule has 0 N–H and O–H groups in total. The Morgan fingerprint density at radius 2 is 1.77 bits per heavy atom. The largest absolute Gasteiger partial charge is 0.294 e. The van der Waals surface area contributed by atoms with Crippen molar-refractivity contribution >= 4 is 26.5 Å². The van der Waals surface area contributed by atoms with Crippen molar-refractivity contribution in [2.24, 2.45) is 5.92 Å². The van der Waals surface area contributed by atoms with Crippen LogP contribution in [0.2, 0.25) is 0 Å². The molecule has 5 heteroatoms. The lowest BCUT2D eigenvalue weighted by Gasteiger charge is -2.26. The summed E-state index contributed by atoms with van der Waals surface area (Å²) in [5.41, 5.74) is 1.47. The first-order chi connectivity index (χ1) is 10.6. The average Bonchev–Trinajstić information content (AvgIpc) is 2.72. The zero-order chi connectivity index (χ0) is 15.3. The van der Waals surface area contributed by atoms with Crippen LogP contribution in [0, 0.1) is 5.92 Å². The molecule has 2 fully saturated rings. The summed E-state index contributed by atoms with van der Waals surface area (Å²) in [6.07, 6.45) is 4.00. The normalized spacial score (nSPS) is 29.5. The maximum atomic E-state index is 12.7. The van der Waals surface area contributed by atoms with Crippen molar-refractivity contribution in [2.45, 2.75) is 36.2 Å². The van der Waals surface area contributed by atoms with Gasteiger partial charge in [0.25, 0.3) is 0 Å². The zero-order valence-electron chi connectivity index (χ0n) is 12.1. The van der Waals surface area contributed by atoms with Crippen LogP contribution in [0.5, 0.6) is 0 Å². The summed E-state index contributed by atoms with van der Waals surface area (Å²) in [5.74, 6) is -0.131. The Bertz CT molecular complexity index is 839. The lowest BCUT2D eigenvalue weighted by atomic mass is 9.90. The number of carbonyl (C=O) groups is 1. The molecule has 2 aromatic rings. The van der Waals surface area contributed by atoms with Gasteiger partial charge in [-0.2, -0.15) is 0 Å². The molecule has 1 aromatic heterocycles. The number of nitrogens with zero attached hydrogens (tertiary/aromatic N) is 1. The fourth-order valence-electron chi connectivity index (χ4n) is 3.86. The van der Waals surface area contributed by atoms with Crippen molar-refractivity contribution in [3.05, 3.63) is 42.1 Å². The number of benzene rings is 1. The standard InChI is InChI=1S/C17H17NO3S/c19-17(12-8-14-5-6-15(9-12)22(14,20)21)13-7-11-3-1-2-4-16(11)18-10-13/h1-4,7,10,12,14-15H,5-6,8-9H2. The summed E-state index contributed by atoms with van der Waals surface area (Å²) in [4.78, 5) is 17.1. The van der Waals surface area contributed by atoms with Gasteiger partial charge in [0.05, 0.1) is 16.0 Å². The van der Waals surface area contributed by atoms with Crippen LogP contribution >= 0.6 is 0 Å². The van der Waals surface area contributed by atoms with Crippen LogP contribution in [-0.2, 0) is 9.84 Å². The van der Waals surface area contributed by atoms with E-state index in [9.17, 15) is 13.2 Å². The Hall–Kier alpha value is -1.75. The van der Waals surface area contributed by atoms with Gasteiger partial charge in [0.2, 0.25) is 0 Å². The first-order valence-corrected chi connectivity index (χ1v) is 9.28. The molecule has 0 aliphatic carbocycles. The number of ketones is 1. The fraction of sp³-hybridized carbons (Fsp3) is 0.412. The SMILES string of the molecule is O=C(c1cnc2ccccc2c1)C1CC2CCC(C1)S2(=O)=O. The van der Waals surface area contributed by atoms with Crippen molar-refractivity contribution in [1.82, 2.24) is 4.98 Å². The van der Waals surface area contributed by atoms with E-state index in [-0.39, 0.29) is 22.2 Å². The Morgan fingerprint density at radius 1 is 1.09 bits per heavy atom. The fourth-order valence-corrected chi connectivity index (χ4v) is 6.34. The second-order valence-electron chi connectivity index (χ2n) is 6.36. The monoisotopic (exact) mass is 315 g/mol. The molecule has 2 unspecified atom stereocenters. The van der Waals surface area contributed by atoms with Gasteiger partial charge in [0.1, 0.15) is 0 Å². The van der Waals surface area contributed by atoms with Gasteiger partial charge >= 0.3 is 0 Å². The maximum absolute atomic E-state index is 12.7. The van der Waals surface area contributed by atoms with Crippen LogP contribution in [0.4, 0.5) is 0 Å². The Kier molecular flexibility index (Phi) is 3.08. The molecule has 4 rings (SSSR count). The Balaban J connectivity index is 1.64. The quantitative estimate of drug-likeness (QED) is 0.799. The minimum atomic E-state index is -2.98. The van der Waals surface area contributed by atoms with E-state index in [1.165, 1.54) is 0 Å². The van der Waals surface area contributed by atoms with Gasteiger partial charge in [-0.25, -0.2) is 8.42 Å². The number of rotatable bonds is 2. The van der Waals surface area contributed by atoms with E-state index in [0.717, 1.165) is 10.9 Å². The second kappa shape index (κ2) is 4.88. The third-order valence-corrected chi connectivity index (χ3v) is 7.80. The molecule has 0 saturated carbocycles. The van der Waals surface area contributed by atoms with E-state index < -0.39 is 9.84 Å². The van der Waals surface area contributed by atoms with E-state index in [1.807, 2.05) is 30.3 Å². The number of aromatic nitrogens is 1. The summed E-state index contributed by atoms with van der Waals surface area (Å²) in [6, 6.07) is 9.56. The van der Waals surface area contributed by atoms with E-state index in [4.69, 9.17) is 0 Å². The zero-order valence-corrected chi connectivity index (χ0v) is 12.9. The summed E-state index contributed by atoms with van der Waals surface area (Å²) in [7, 11) is -2.98. The number of sulfone groups is 1. The molecule has 0 spiro atoms. The molecule has 0 amide bonds. The molecule has 2 aliphatic heterocycles. The van der Waals surface area contributed by atoms with Crippen molar-refractivity contribution in [3.8, 4) is 0 Å². The molecule has 22 heavy (non-hydrogen) atoms. The number of carbonyl (C=O) groups excluding carboxylic acids is 1. The van der Waals surface area contributed by atoms with Gasteiger partial charge < -0.3 is 0 Å². The first kappa shape index (κ1) is 13.9. The molecular weight excluding hydrogens is 298 g/mol. The van der Waals surface area contributed by atoms with Gasteiger partial charge in [-0.1, -0.05) is 18.2 Å². The number of Topliss-reactive ketones (excluding diaryl/α,β-unsaturated/α-hetero) is 1. The van der Waals surface area contributed by atoms with Crippen LogP contribution < -0.4 is 0 Å². The summed E-state index contributed by atoms with van der Waals surface area (Å²) < 4.78 is 24.3. The highest BCUT2D eigenvalue weighted by molar-refractivity contribution is 7.93. The number of para-hydroxylation sites is 1. The van der Waals surface area contributed by atoms with Crippen LogP contribution in [0.1, 0.15) is 36.0 Å². The maximum Gasteiger partial charge on any atom is 0.167 e. The second-order valence-corrected chi connectivity index (χ2v) is 8.87. The van der Waals surface area contributed by atoms with Gasteiger partial charge in [0.15, 0.2) is 15.6 Å². The highest BCUT2D eigenvalue weighted by Crippen LogP contribution is 2.42. The minimum absolute atomic E-state index is 0.0463. The summed E-state index contributed by atoms with van der Waals surface area (Å²) >= 11 is 0. The smallest absolute Gasteiger partial charge is 0.167 e. The molecule has 2 atom stereocenters. The summed E-state index contributed by atoms with van der Waals surface area (Å²) in [6.45, 7) is 0. The first-order valence-electron chi connectivity index (χ1n) is 7.67. The van der Waals surface area contributed by atoms with E-state index in [1.54, 1.807) is 6.20 Å². The third-order valence-electron chi connectivity index (χ3n) is 5.08. The predicted octanol–water partition coefficient (Wildman–Crippen LogP) is 2.77. The number of hydrogen-bond acceptors (Lipinski definition) is 4. The molecule has 2 bridgehead atoms. The van der Waals surface area contributed by atoms with Gasteiger partial charge in [0, 0.05) is 23.1 Å². The summed E-state index contributed by atoms with van der Waals surface area (Å²) in [5, 5.41) is 0.321. The van der Waals surface area contributed by atoms with Crippen LogP contribution in [0.3, 0.4) is 0 Å². The third kappa shape index (κ3) is 2.07. The lowest BCUT2D eigenvalue weighted by Crippen LogP contribution is -2.36. The highest BCUT2D eigenvalue weighted by atomic mass is 32.2. The Labute approximate surface area is 129 Å². The van der Waals surface area contributed by atoms with E-state index in [0.29, 0.717) is 31.2 Å². The highest BCUT2D eigenvalue weighted by Gasteiger charge is 2.48. The number of pyridine rings is 1. The molecule has 2 aliphatic rings. The average molecular weight is 315 g/mol. The van der Waals surface area contributed by atoms with Crippen LogP contribution in [-0.4, -0.2) is 29.7 Å². The van der Waals surface area contributed by atoms with Crippen LogP contribution in [0.15, 0.2) is 36.5 Å². The van der Waals surface area contributed by atoms with Crippen LogP contribution in [0.25, 0.3) is 10.9 Å². The van der Waals surface area contributed by atoms with Gasteiger partial charge in [-0.3, -0.25) is 9.78 Å². The molecule has 0 radical (unpaired) electrons. The van der Waals surface area contributed by atoms with Crippen molar-refractivity contribution in [3.63, 3.8) is 0 Å². The number of hydrogen-bond donors (Lipinski definition) is 0. The van der Waals surface area contributed by atoms with Gasteiger partial charge in [-0.05, 0) is 37.8 Å². The molecule has 2 saturated heterocycles. The van der Waals surface area contributed by atoms with Crippen molar-refractivity contribution < 1.29 is 13.2 Å². The van der Waals surface area contributed by atoms with E-state index >= 15 is 0 Å². The van der Waals surface area contributed by atoms with Crippen molar-refractivity contribution in [1.29, 1.82) is 0 Å². The lowest BCUT2D eigenvalue weighted by molar-refractivity contribution is 0.0905. The topological polar surface area (TPSA) is 64.1 Å². The minimum Gasteiger partial charge on any atom is -0.294 e. The predicted molar refractivity (Wildman–Crippen MR) is 84.5 cm³/mol. The molecule has 114 valence electrons. The van der Waals surface area contributed by atoms with E-state index in [2.05, 4.69) is 4.98 Å². The molecular formula is C17H17NO3S. The molecule has 3 heterocycles. The molecule has 4 nitrogen and oxygen atoms in total. The number of fused-ring (bicyclic) bond motifs is 3. The van der Waals surface area contributed by atoms with Crippen molar-refractivity contribution in [2.75, 3.05) is 0 Å². The molecule has 1 aromatic carbocycles. The Morgan fingerprint density at radius 3 is 2.50 bits per heavy atom.